The topological polar surface area (TPSA) is 96.8 Å². The van der Waals surface area contributed by atoms with Gasteiger partial charge in [0.25, 0.3) is 0 Å². The number of aromatic nitrogens is 4. The fourth-order valence-corrected chi connectivity index (χ4v) is 3.16. The van der Waals surface area contributed by atoms with E-state index >= 15 is 0 Å². The predicted octanol–water partition coefficient (Wildman–Crippen LogP) is 4.77. The van der Waals surface area contributed by atoms with Crippen LogP contribution in [0.1, 0.15) is 0 Å². The van der Waals surface area contributed by atoms with Gasteiger partial charge in [0.05, 0.1) is 0 Å². The number of carbonyl (C=O) groups is 1. The lowest BCUT2D eigenvalue weighted by atomic mass is 10.2. The van der Waals surface area contributed by atoms with Crippen molar-refractivity contribution < 1.29 is 4.79 Å². The Kier molecular flexibility index (Phi) is 5.90. The first-order valence-electron chi connectivity index (χ1n) is 9.12. The van der Waals surface area contributed by atoms with Crippen molar-refractivity contribution in [1.29, 1.82) is 0 Å². The summed E-state index contributed by atoms with van der Waals surface area (Å²) in [7, 11) is 0. The van der Waals surface area contributed by atoms with Crippen LogP contribution in [0.15, 0.2) is 84.0 Å². The lowest BCUT2D eigenvalue weighted by Crippen LogP contribution is -2.19. The molecule has 4 aromatic rings. The third kappa shape index (κ3) is 4.95. The fourth-order valence-electron chi connectivity index (χ4n) is 2.70. The van der Waals surface area contributed by atoms with Crippen molar-refractivity contribution in [2.45, 2.75) is 4.90 Å². The van der Waals surface area contributed by atoms with E-state index in [0.717, 1.165) is 16.3 Å². The summed E-state index contributed by atoms with van der Waals surface area (Å²) in [6.45, 7) is 0. The maximum Gasteiger partial charge on any atom is 0.323 e. The van der Waals surface area contributed by atoms with Crippen molar-refractivity contribution >= 4 is 40.7 Å². The Morgan fingerprint density at radius 3 is 2.40 bits per heavy atom. The van der Waals surface area contributed by atoms with Crippen molar-refractivity contribution in [3.05, 3.63) is 79.1 Å². The van der Waals surface area contributed by atoms with Gasteiger partial charge in [-0.1, -0.05) is 6.07 Å². The molecule has 0 fully saturated rings. The fraction of sp³-hybridized carbons (Fsp3) is 0.0476. The molecule has 0 bridgehead atoms. The number of carbonyl (C=O) groups excluding carboxylic acids is 1. The highest BCUT2D eigenvalue weighted by Crippen LogP contribution is 2.20. The van der Waals surface area contributed by atoms with E-state index in [4.69, 9.17) is 0 Å². The van der Waals surface area contributed by atoms with Gasteiger partial charge in [-0.05, 0) is 66.9 Å². The average Bonchev–Trinajstić information content (AvgIpc) is 3.31. The number of thioether (sulfide) groups is 1. The number of anilines is 4. The number of hydrogen-bond donors (Lipinski definition) is 3. The van der Waals surface area contributed by atoms with Gasteiger partial charge in [-0.3, -0.25) is 0 Å². The zero-order valence-electron chi connectivity index (χ0n) is 16.1. The lowest BCUT2D eigenvalue weighted by Gasteiger charge is -2.10. The van der Waals surface area contributed by atoms with Gasteiger partial charge in [0.2, 0.25) is 0 Å². The quantitative estimate of drug-likeness (QED) is 0.391. The van der Waals surface area contributed by atoms with Crippen LogP contribution in [-0.2, 0) is 0 Å². The zero-order chi connectivity index (χ0) is 20.8. The van der Waals surface area contributed by atoms with Crippen LogP contribution in [0, 0.1) is 0 Å². The molecule has 2 aromatic carbocycles. The third-order valence-electron chi connectivity index (χ3n) is 4.13. The molecular formula is C21H19N7OS. The van der Waals surface area contributed by atoms with Gasteiger partial charge in [-0.25, -0.2) is 9.48 Å². The van der Waals surface area contributed by atoms with E-state index in [2.05, 4.69) is 31.2 Å². The Morgan fingerprint density at radius 1 is 0.900 bits per heavy atom. The molecule has 4 rings (SSSR count). The second kappa shape index (κ2) is 9.10. The van der Waals surface area contributed by atoms with Crippen molar-refractivity contribution in [2.75, 3.05) is 22.2 Å². The number of nitrogens with one attached hydrogen (secondary N) is 3. The van der Waals surface area contributed by atoms with Crippen LogP contribution in [0.3, 0.4) is 0 Å². The summed E-state index contributed by atoms with van der Waals surface area (Å²) >= 11 is 1.62. The van der Waals surface area contributed by atoms with Gasteiger partial charge in [-0.2, -0.15) is 5.10 Å². The van der Waals surface area contributed by atoms with Crippen LogP contribution < -0.4 is 16.0 Å². The minimum Gasteiger partial charge on any atom is -0.339 e. The third-order valence-corrected chi connectivity index (χ3v) is 4.86. The molecule has 0 unspecified atom stereocenters. The molecule has 8 nitrogen and oxygen atoms in total. The molecule has 2 aromatic heterocycles. The summed E-state index contributed by atoms with van der Waals surface area (Å²) in [5.41, 5.74) is 2.25. The highest BCUT2D eigenvalue weighted by atomic mass is 32.2. The monoisotopic (exact) mass is 417 g/mol. The number of rotatable bonds is 6. The van der Waals surface area contributed by atoms with E-state index in [1.165, 1.54) is 0 Å². The normalized spacial score (nSPS) is 10.4. The van der Waals surface area contributed by atoms with Crippen molar-refractivity contribution in [3.8, 4) is 5.82 Å². The number of hydrogen-bond acceptors (Lipinski definition) is 6. The molecule has 0 atom stereocenters. The highest BCUT2D eigenvalue weighted by Gasteiger charge is 2.05. The minimum absolute atomic E-state index is 0.297. The lowest BCUT2D eigenvalue weighted by molar-refractivity contribution is 0.262. The van der Waals surface area contributed by atoms with Gasteiger partial charge >= 0.3 is 6.03 Å². The number of amides is 2. The molecule has 0 radical (unpaired) electrons. The summed E-state index contributed by atoms with van der Waals surface area (Å²) in [5.74, 6) is 1.25. The molecule has 150 valence electrons. The predicted molar refractivity (Wildman–Crippen MR) is 120 cm³/mol. The first-order valence-corrected chi connectivity index (χ1v) is 10.3. The minimum atomic E-state index is -0.297. The molecule has 0 aliphatic rings. The zero-order valence-corrected chi connectivity index (χ0v) is 16.9. The Morgan fingerprint density at radius 2 is 1.70 bits per heavy atom. The Hall–Kier alpha value is -3.85. The average molecular weight is 417 g/mol. The van der Waals surface area contributed by atoms with Gasteiger partial charge in [-0.15, -0.1) is 22.0 Å². The molecule has 9 heteroatoms. The molecule has 0 aliphatic carbocycles. The highest BCUT2D eigenvalue weighted by molar-refractivity contribution is 7.98. The molecular weight excluding hydrogens is 398 g/mol. The second-order valence-electron chi connectivity index (χ2n) is 6.24. The molecule has 0 aliphatic heterocycles. The van der Waals surface area contributed by atoms with Crippen LogP contribution in [0.5, 0.6) is 0 Å². The van der Waals surface area contributed by atoms with Gasteiger partial charge < -0.3 is 16.0 Å². The van der Waals surface area contributed by atoms with E-state index in [1.54, 1.807) is 28.8 Å². The molecule has 30 heavy (non-hydrogen) atoms. The van der Waals surface area contributed by atoms with Crippen molar-refractivity contribution in [1.82, 2.24) is 20.0 Å². The summed E-state index contributed by atoms with van der Waals surface area (Å²) in [5, 5.41) is 21.3. The van der Waals surface area contributed by atoms with Crippen LogP contribution in [0.4, 0.5) is 27.7 Å². The molecule has 0 saturated carbocycles. The van der Waals surface area contributed by atoms with Crippen LogP contribution in [-0.4, -0.2) is 32.3 Å². The van der Waals surface area contributed by atoms with E-state index in [9.17, 15) is 4.79 Å². The van der Waals surface area contributed by atoms with E-state index < -0.39 is 0 Å². The maximum absolute atomic E-state index is 12.2. The van der Waals surface area contributed by atoms with Gasteiger partial charge in [0.1, 0.15) is 0 Å². The molecule has 0 spiro atoms. The Labute approximate surface area is 177 Å². The molecule has 2 amide bonds. The smallest absolute Gasteiger partial charge is 0.323 e. The number of nitrogens with zero attached hydrogens (tertiary/aromatic N) is 4. The van der Waals surface area contributed by atoms with Gasteiger partial charge in [0.15, 0.2) is 11.6 Å². The SMILES string of the molecule is CSc1cccc(NC(=O)Nc2ccc(Nc3ccc(-n4cccn4)nn3)cc2)c1. The van der Waals surface area contributed by atoms with E-state index in [1.807, 2.05) is 73.0 Å². The largest absolute Gasteiger partial charge is 0.339 e. The first kappa shape index (κ1) is 19.5. The molecule has 2 heterocycles. The van der Waals surface area contributed by atoms with Crippen molar-refractivity contribution in [2.24, 2.45) is 0 Å². The van der Waals surface area contributed by atoms with E-state index in [0.29, 0.717) is 17.3 Å². The first-order chi connectivity index (χ1) is 14.7. The maximum atomic E-state index is 12.2. The molecule has 0 saturated heterocycles. The second-order valence-corrected chi connectivity index (χ2v) is 7.12. The van der Waals surface area contributed by atoms with Gasteiger partial charge in [0, 0.05) is 34.4 Å². The van der Waals surface area contributed by atoms with E-state index in [-0.39, 0.29) is 6.03 Å². The van der Waals surface area contributed by atoms with Crippen LogP contribution in [0.2, 0.25) is 0 Å². The molecule has 3 N–H and O–H groups in total. The van der Waals surface area contributed by atoms with Crippen molar-refractivity contribution in [3.63, 3.8) is 0 Å². The summed E-state index contributed by atoms with van der Waals surface area (Å²) in [6, 6.07) is 20.2. The van der Waals surface area contributed by atoms with Crippen LogP contribution in [0.25, 0.3) is 5.82 Å². The standard InChI is InChI=1S/C21H19N7OS/c1-30-18-5-2-4-17(14-18)25-21(29)24-16-8-6-15(7-9-16)23-19-10-11-20(27-26-19)28-13-3-12-22-28/h2-14H,1H3,(H,23,26)(H2,24,25,29). The summed E-state index contributed by atoms with van der Waals surface area (Å²) < 4.78 is 1.64. The van der Waals surface area contributed by atoms with Crippen LogP contribution >= 0.6 is 11.8 Å². The number of benzene rings is 2. The summed E-state index contributed by atoms with van der Waals surface area (Å²) in [4.78, 5) is 13.3. The Bertz CT molecular complexity index is 1110. The number of urea groups is 1. The Balaban J connectivity index is 1.34. The summed E-state index contributed by atoms with van der Waals surface area (Å²) in [6.07, 6.45) is 5.48.